The Bertz CT molecular complexity index is 318. The van der Waals surface area contributed by atoms with Crippen molar-refractivity contribution in [2.75, 3.05) is 0 Å². The Labute approximate surface area is 83.6 Å². The Morgan fingerprint density at radius 3 is 2.79 bits per heavy atom. The van der Waals surface area contributed by atoms with Crippen LogP contribution in [0.2, 0.25) is 0 Å². The molecule has 0 atom stereocenters. The number of rotatable bonds is 5. The van der Waals surface area contributed by atoms with E-state index in [0.717, 1.165) is 18.7 Å². The van der Waals surface area contributed by atoms with Gasteiger partial charge in [-0.05, 0) is 6.42 Å². The summed E-state index contributed by atoms with van der Waals surface area (Å²) < 4.78 is 1.71. The minimum atomic E-state index is -0.884. The summed E-state index contributed by atoms with van der Waals surface area (Å²) in [6.45, 7) is 2.15. The third kappa shape index (κ3) is 2.34. The Kier molecular flexibility index (Phi) is 3.68. The zero-order valence-electron chi connectivity index (χ0n) is 8.71. The van der Waals surface area contributed by atoms with Gasteiger partial charge in [0.25, 0.3) is 11.5 Å². The number of hydrogen-bond acceptors (Lipinski definition) is 1. The molecule has 0 saturated carbocycles. The van der Waals surface area contributed by atoms with Gasteiger partial charge in [-0.1, -0.05) is 19.8 Å². The Balaban J connectivity index is 2.65. The highest BCUT2D eigenvalue weighted by Gasteiger charge is 2.18. The highest BCUT2D eigenvalue weighted by molar-refractivity contribution is 5.83. The van der Waals surface area contributed by atoms with Gasteiger partial charge in [0.2, 0.25) is 0 Å². The number of aromatic carboxylic acids is 1. The van der Waals surface area contributed by atoms with E-state index in [9.17, 15) is 4.79 Å². The summed E-state index contributed by atoms with van der Waals surface area (Å²) in [5, 5.41) is 8.81. The van der Waals surface area contributed by atoms with Gasteiger partial charge in [-0.15, -0.1) is 0 Å². The topological polar surface area (TPSA) is 57.0 Å². The second-order valence-corrected chi connectivity index (χ2v) is 3.44. The van der Waals surface area contributed by atoms with E-state index in [2.05, 4.69) is 11.9 Å². The molecule has 0 amide bonds. The van der Waals surface area contributed by atoms with Crippen LogP contribution in [0.1, 0.15) is 42.5 Å². The molecule has 4 heteroatoms. The average molecular weight is 197 g/mol. The largest absolute Gasteiger partial charge is 0.475 e. The second-order valence-electron chi connectivity index (χ2n) is 3.44. The predicted molar refractivity (Wildman–Crippen MR) is 52.2 cm³/mol. The van der Waals surface area contributed by atoms with Gasteiger partial charge in [0.1, 0.15) is 6.20 Å². The van der Waals surface area contributed by atoms with Gasteiger partial charge in [0.05, 0.1) is 7.05 Å². The number of hydrogen-bond donors (Lipinski definition) is 2. The van der Waals surface area contributed by atoms with E-state index in [1.165, 1.54) is 12.8 Å². The first kappa shape index (κ1) is 10.8. The highest BCUT2D eigenvalue weighted by Crippen LogP contribution is 2.01. The van der Waals surface area contributed by atoms with E-state index in [0.29, 0.717) is 5.69 Å². The molecule has 1 aromatic rings. The van der Waals surface area contributed by atoms with E-state index >= 15 is 0 Å². The molecule has 0 spiro atoms. The molecule has 1 aromatic heterocycles. The molecule has 14 heavy (non-hydrogen) atoms. The number of imidazole rings is 1. The number of nitrogens with zero attached hydrogens (tertiary/aromatic N) is 1. The number of aromatic nitrogens is 2. The van der Waals surface area contributed by atoms with Gasteiger partial charge in [-0.3, -0.25) is 0 Å². The number of unbranched alkanes of at least 4 members (excludes halogenated alkanes) is 2. The molecule has 1 rings (SSSR count). The lowest BCUT2D eigenvalue weighted by Crippen LogP contribution is -2.37. The average Bonchev–Trinajstić information content (AvgIpc) is 2.48. The van der Waals surface area contributed by atoms with Crippen molar-refractivity contribution in [1.29, 1.82) is 0 Å². The van der Waals surface area contributed by atoms with Crippen molar-refractivity contribution in [1.82, 2.24) is 4.98 Å². The smallest absolute Gasteiger partial charge is 0.379 e. The number of carbonyl (C=O) groups is 1. The molecule has 78 valence electrons. The molecule has 0 unspecified atom stereocenters. The molecule has 0 saturated heterocycles. The highest BCUT2D eigenvalue weighted by atomic mass is 16.4. The minimum Gasteiger partial charge on any atom is -0.475 e. The van der Waals surface area contributed by atoms with E-state index in [-0.39, 0.29) is 0 Å². The summed E-state index contributed by atoms with van der Waals surface area (Å²) in [6, 6.07) is 0. The molecular weight excluding hydrogens is 180 g/mol. The van der Waals surface area contributed by atoms with Gasteiger partial charge >= 0.3 is 5.97 Å². The third-order valence-corrected chi connectivity index (χ3v) is 2.38. The van der Waals surface area contributed by atoms with Gasteiger partial charge in [-0.2, -0.15) is 0 Å². The van der Waals surface area contributed by atoms with E-state index in [1.54, 1.807) is 17.8 Å². The number of aryl methyl sites for hydroxylation is 1. The molecule has 0 aliphatic heterocycles. The first-order chi connectivity index (χ1) is 6.66. The van der Waals surface area contributed by atoms with E-state index in [1.807, 2.05) is 0 Å². The zero-order chi connectivity index (χ0) is 10.6. The van der Waals surface area contributed by atoms with Gasteiger partial charge in [-0.25, -0.2) is 14.3 Å². The SMILES string of the molecule is CCCCCc1[nH]cc(C(=O)O)[n+]1C. The van der Waals surface area contributed by atoms with Crippen molar-refractivity contribution in [3.63, 3.8) is 0 Å². The maximum atomic E-state index is 10.7. The van der Waals surface area contributed by atoms with E-state index in [4.69, 9.17) is 5.11 Å². The van der Waals surface area contributed by atoms with Crippen LogP contribution in [-0.4, -0.2) is 16.1 Å². The van der Waals surface area contributed by atoms with Crippen LogP contribution in [-0.2, 0) is 13.5 Å². The Morgan fingerprint density at radius 2 is 2.29 bits per heavy atom. The van der Waals surface area contributed by atoms with E-state index < -0.39 is 5.97 Å². The minimum absolute atomic E-state index is 0.316. The summed E-state index contributed by atoms with van der Waals surface area (Å²) >= 11 is 0. The lowest BCUT2D eigenvalue weighted by Gasteiger charge is -1.95. The molecular formula is C10H17N2O2+. The van der Waals surface area contributed by atoms with Crippen molar-refractivity contribution in [2.45, 2.75) is 32.6 Å². The van der Waals surface area contributed by atoms with Crippen molar-refractivity contribution >= 4 is 5.97 Å². The first-order valence-corrected chi connectivity index (χ1v) is 4.96. The fourth-order valence-corrected chi connectivity index (χ4v) is 1.48. The molecule has 0 fully saturated rings. The molecule has 2 N–H and O–H groups in total. The summed E-state index contributed by atoms with van der Waals surface area (Å²) in [4.78, 5) is 13.7. The summed E-state index contributed by atoms with van der Waals surface area (Å²) in [5.41, 5.74) is 0.316. The number of nitrogens with one attached hydrogen (secondary N) is 1. The molecule has 1 heterocycles. The maximum Gasteiger partial charge on any atom is 0.379 e. The first-order valence-electron chi connectivity index (χ1n) is 4.96. The Morgan fingerprint density at radius 1 is 1.57 bits per heavy atom. The van der Waals surface area contributed by atoms with Crippen LogP contribution in [0.25, 0.3) is 0 Å². The third-order valence-electron chi connectivity index (χ3n) is 2.38. The van der Waals surface area contributed by atoms with Crippen LogP contribution in [0, 0.1) is 0 Å². The molecule has 0 bridgehead atoms. The van der Waals surface area contributed by atoms with Crippen LogP contribution in [0.5, 0.6) is 0 Å². The number of carboxylic acids is 1. The number of carboxylic acid groups (broad SMARTS) is 1. The maximum absolute atomic E-state index is 10.7. The lowest BCUT2D eigenvalue weighted by molar-refractivity contribution is -0.680. The van der Waals surface area contributed by atoms with Gasteiger partial charge in [0.15, 0.2) is 0 Å². The molecule has 0 aliphatic rings. The molecule has 0 radical (unpaired) electrons. The van der Waals surface area contributed by atoms with Crippen molar-refractivity contribution < 1.29 is 14.5 Å². The molecule has 0 aromatic carbocycles. The van der Waals surface area contributed by atoms with Crippen molar-refractivity contribution in [3.8, 4) is 0 Å². The summed E-state index contributed by atoms with van der Waals surface area (Å²) in [5.74, 6) is 0.0985. The number of H-pyrrole nitrogens is 1. The van der Waals surface area contributed by atoms with Crippen LogP contribution in [0.15, 0.2) is 6.20 Å². The monoisotopic (exact) mass is 197 g/mol. The summed E-state index contributed by atoms with van der Waals surface area (Å²) in [7, 11) is 1.78. The van der Waals surface area contributed by atoms with Crippen molar-refractivity contribution in [2.24, 2.45) is 7.05 Å². The lowest BCUT2D eigenvalue weighted by atomic mass is 10.2. The predicted octanol–water partition coefficient (Wildman–Crippen LogP) is 1.27. The molecule has 0 aliphatic carbocycles. The van der Waals surface area contributed by atoms with Crippen LogP contribution in [0.4, 0.5) is 0 Å². The number of aromatic amines is 1. The fraction of sp³-hybridized carbons (Fsp3) is 0.600. The zero-order valence-corrected chi connectivity index (χ0v) is 8.71. The van der Waals surface area contributed by atoms with Crippen LogP contribution >= 0.6 is 0 Å². The van der Waals surface area contributed by atoms with Crippen LogP contribution in [0.3, 0.4) is 0 Å². The normalized spacial score (nSPS) is 10.4. The standard InChI is InChI=1S/C10H16N2O2/c1-3-4-5-6-9-11-7-8(10(13)14)12(9)2/h7H,3-6H2,1-2H3,(H,13,14)/p+1. The van der Waals surface area contributed by atoms with Crippen LogP contribution < -0.4 is 4.57 Å². The van der Waals surface area contributed by atoms with Crippen molar-refractivity contribution in [3.05, 3.63) is 17.7 Å². The fourth-order valence-electron chi connectivity index (χ4n) is 1.48. The van der Waals surface area contributed by atoms with Gasteiger partial charge in [0, 0.05) is 6.42 Å². The second kappa shape index (κ2) is 4.79. The van der Waals surface area contributed by atoms with Gasteiger partial charge < -0.3 is 5.11 Å². The molecule has 4 nitrogen and oxygen atoms in total. The Hall–Kier alpha value is -1.32. The quantitative estimate of drug-likeness (QED) is 0.551. The summed E-state index contributed by atoms with van der Waals surface area (Å²) in [6.07, 6.45) is 5.92.